The molecule has 0 aromatic rings. The van der Waals surface area contributed by atoms with E-state index in [2.05, 4.69) is 0 Å². The van der Waals surface area contributed by atoms with Crippen molar-refractivity contribution >= 4 is 30.9 Å². The first kappa shape index (κ1) is 72.8. The maximum atomic E-state index is 0. The summed E-state index contributed by atoms with van der Waals surface area (Å²) in [6.07, 6.45) is 0. The molecule has 0 N–H and O–H groups in total. The molecule has 0 unspecified atom stereocenters. The third kappa shape index (κ3) is 26.4. The van der Waals surface area contributed by atoms with E-state index >= 15 is 0 Å². The van der Waals surface area contributed by atoms with Gasteiger partial charge in [0.1, 0.15) is 0 Å². The predicted molar refractivity (Wildman–Crippen MR) is 13.3 cm³/mol. The normalized spacial score (nSPS) is 0. The van der Waals surface area contributed by atoms with Gasteiger partial charge in [-0.3, -0.25) is 0 Å². The van der Waals surface area contributed by atoms with Crippen LogP contribution in [0.1, 0.15) is 0 Å². The fourth-order valence-electron chi connectivity index (χ4n) is 0. The maximum absolute atomic E-state index is 0. The molecule has 0 aliphatic heterocycles. The van der Waals surface area contributed by atoms with Crippen LogP contribution < -0.4 is 37.2 Å². The van der Waals surface area contributed by atoms with Crippen LogP contribution in [0.5, 0.6) is 0 Å². The van der Waals surface area contributed by atoms with E-state index < -0.39 is 0 Å². The average molecular weight is 165 g/mol. The first-order valence-electron chi connectivity index (χ1n) is 0. The van der Waals surface area contributed by atoms with Gasteiger partial charge in [-0.1, -0.05) is 0 Å². The van der Waals surface area contributed by atoms with E-state index in [-0.39, 0.29) is 68.1 Å². The van der Waals surface area contributed by atoms with Gasteiger partial charge in [0.2, 0.25) is 0 Å². The summed E-state index contributed by atoms with van der Waals surface area (Å²) in [5.74, 6) is 0. The van der Waals surface area contributed by atoms with Crippen LogP contribution in [-0.4, -0.2) is 17.4 Å². The smallest absolute Gasteiger partial charge is 1.00 e. The fraction of sp³-hybridized carbons (Fsp3) is 0. The molecule has 5 heavy (non-hydrogen) atoms. The zero-order chi connectivity index (χ0) is 0. The van der Waals surface area contributed by atoms with Gasteiger partial charge < -0.3 is 37.2 Å². The first-order chi connectivity index (χ1) is 0. The van der Waals surface area contributed by atoms with Crippen molar-refractivity contribution in [2.24, 2.45) is 0 Å². The summed E-state index contributed by atoms with van der Waals surface area (Å²) in [6, 6.07) is 0. The van der Waals surface area contributed by atoms with E-state index in [0.29, 0.717) is 0 Å². The van der Waals surface area contributed by atoms with Crippen molar-refractivity contribution in [3.05, 3.63) is 0 Å². The molecule has 0 spiro atoms. The molecule has 5 heteroatoms. The van der Waals surface area contributed by atoms with Crippen LogP contribution in [0.15, 0.2) is 0 Å². The molecule has 0 atom stereocenters. The molecule has 2 radical (unpaired) electrons. The van der Waals surface area contributed by atoms with Gasteiger partial charge in [0, 0.05) is 13.5 Å². The van der Waals surface area contributed by atoms with Crippen molar-refractivity contribution in [3.8, 4) is 0 Å². The monoisotopic (exact) mass is 164 g/mol. The van der Waals surface area contributed by atoms with Gasteiger partial charge in [-0.05, 0) is 0 Å². The van der Waals surface area contributed by atoms with Crippen LogP contribution in [0.2, 0.25) is 0 Å². The SMILES string of the molecule is [Al+3].[Cl-].[Cl-].[Cl-].[S]. The van der Waals surface area contributed by atoms with Gasteiger partial charge in [-0.25, -0.2) is 0 Å². The Hall–Kier alpha value is 1.75. The third-order valence-corrected chi connectivity index (χ3v) is 0. The van der Waals surface area contributed by atoms with Crippen molar-refractivity contribution in [2.75, 3.05) is 0 Å². The summed E-state index contributed by atoms with van der Waals surface area (Å²) in [6.45, 7) is 0. The summed E-state index contributed by atoms with van der Waals surface area (Å²) < 4.78 is 0. The average Bonchev–Trinajstić information content (AvgIpc) is 0. The van der Waals surface area contributed by atoms with Gasteiger partial charge in [-0.2, -0.15) is 0 Å². The van der Waals surface area contributed by atoms with Crippen molar-refractivity contribution in [3.63, 3.8) is 0 Å². The number of hydrogen-bond donors (Lipinski definition) is 0. The Balaban J connectivity index is 0. The Morgan fingerprint density at radius 2 is 0.600 bits per heavy atom. The van der Waals surface area contributed by atoms with Crippen molar-refractivity contribution in [2.45, 2.75) is 0 Å². The molecular weight excluding hydrogens is 165 g/mol. The van der Waals surface area contributed by atoms with Gasteiger partial charge >= 0.3 is 17.4 Å². The summed E-state index contributed by atoms with van der Waals surface area (Å²) in [5.41, 5.74) is 0. The molecule has 0 saturated heterocycles. The third-order valence-electron chi connectivity index (χ3n) is 0. The number of rotatable bonds is 0. The molecule has 30 valence electrons. The largest absolute Gasteiger partial charge is 3.00 e. The van der Waals surface area contributed by atoms with Crippen LogP contribution in [-0.2, 0) is 0 Å². The second kappa shape index (κ2) is 42.3. The Morgan fingerprint density at radius 3 is 0.600 bits per heavy atom. The summed E-state index contributed by atoms with van der Waals surface area (Å²) in [7, 11) is 0. The standard InChI is InChI=1S/Al.3ClH.S/h;3*1H;/q+3;;;;/p-3. The summed E-state index contributed by atoms with van der Waals surface area (Å²) in [5, 5.41) is 0. The molecule has 0 aromatic carbocycles. The first-order valence-corrected chi connectivity index (χ1v) is 0. The van der Waals surface area contributed by atoms with Crippen molar-refractivity contribution in [1.82, 2.24) is 0 Å². The molecule has 0 nitrogen and oxygen atoms in total. The second-order valence-corrected chi connectivity index (χ2v) is 0. The minimum absolute atomic E-state index is 0. The predicted octanol–water partition coefficient (Wildman–Crippen LogP) is -8.72. The Labute approximate surface area is 67.9 Å². The number of hydrogen-bond acceptors (Lipinski definition) is 0. The Bertz CT molecular complexity index is 6.85. The minimum Gasteiger partial charge on any atom is -1.00 e. The molecule has 0 bridgehead atoms. The molecule has 0 fully saturated rings. The van der Waals surface area contributed by atoms with Crippen LogP contribution >= 0.6 is 13.5 Å². The fourth-order valence-corrected chi connectivity index (χ4v) is 0. The zero-order valence-electron chi connectivity index (χ0n) is 2.12. The van der Waals surface area contributed by atoms with Crippen LogP contribution in [0.4, 0.5) is 0 Å². The summed E-state index contributed by atoms with van der Waals surface area (Å²) in [4.78, 5) is 0. The Morgan fingerprint density at radius 1 is 0.600 bits per heavy atom. The van der Waals surface area contributed by atoms with Gasteiger partial charge in [0.05, 0.1) is 0 Å². The molecule has 0 aliphatic rings. The van der Waals surface area contributed by atoms with E-state index in [9.17, 15) is 0 Å². The van der Waals surface area contributed by atoms with Crippen LogP contribution in [0, 0.1) is 0 Å². The second-order valence-electron chi connectivity index (χ2n) is 0. The molecule has 0 aromatic heterocycles. The molecule has 0 aliphatic carbocycles. The van der Waals surface area contributed by atoms with E-state index in [0.717, 1.165) is 0 Å². The van der Waals surface area contributed by atoms with Crippen molar-refractivity contribution in [1.29, 1.82) is 0 Å². The molecule has 0 heterocycles. The van der Waals surface area contributed by atoms with Gasteiger partial charge in [-0.15, -0.1) is 0 Å². The van der Waals surface area contributed by atoms with E-state index in [1.807, 2.05) is 0 Å². The quantitative estimate of drug-likeness (QED) is 0.313. The van der Waals surface area contributed by atoms with E-state index in [4.69, 9.17) is 0 Å². The van der Waals surface area contributed by atoms with Crippen molar-refractivity contribution < 1.29 is 37.2 Å². The van der Waals surface area contributed by atoms with E-state index in [1.54, 1.807) is 0 Å². The minimum atomic E-state index is 0. The maximum Gasteiger partial charge on any atom is 3.00 e. The van der Waals surface area contributed by atoms with E-state index in [1.165, 1.54) is 0 Å². The van der Waals surface area contributed by atoms with Crippen LogP contribution in [0.25, 0.3) is 0 Å². The molecule has 0 rings (SSSR count). The Kier molecular flexibility index (Phi) is 616. The number of halogens is 3. The van der Waals surface area contributed by atoms with Crippen LogP contribution in [0.3, 0.4) is 0 Å². The summed E-state index contributed by atoms with van der Waals surface area (Å²) >= 11 is 0. The molecule has 0 saturated carbocycles. The topological polar surface area (TPSA) is 0 Å². The van der Waals surface area contributed by atoms with Gasteiger partial charge in [0.25, 0.3) is 0 Å². The molecule has 0 amide bonds. The zero-order valence-corrected chi connectivity index (χ0v) is 6.36. The molecular formula is AlCl3S. The van der Waals surface area contributed by atoms with Gasteiger partial charge in [0.15, 0.2) is 0 Å².